The number of rotatable bonds is 8. The summed E-state index contributed by atoms with van der Waals surface area (Å²) >= 11 is 0. The molecule has 0 saturated heterocycles. The maximum atomic E-state index is 13.3. The Morgan fingerprint density at radius 2 is 1.79 bits per heavy atom. The van der Waals surface area contributed by atoms with Gasteiger partial charge in [0, 0.05) is 23.4 Å². The summed E-state index contributed by atoms with van der Waals surface area (Å²) in [5.41, 5.74) is 10.5. The van der Waals surface area contributed by atoms with E-state index in [1.165, 1.54) is 16.6 Å². The predicted molar refractivity (Wildman–Crippen MR) is 114 cm³/mol. The number of fused-ring (bicyclic) bond motifs is 1. The SMILES string of the molecule is CCC(CC)Oc1ccc2n(n1)c(N)n[n+]2CC(=O)c1cc(S(F)(F)(F)(F)F)cc(C)c1N. The maximum Gasteiger partial charge on any atom is 0.355 e. The molecule has 0 radical (unpaired) electrons. The van der Waals surface area contributed by atoms with Gasteiger partial charge < -0.3 is 16.2 Å². The van der Waals surface area contributed by atoms with Crippen LogP contribution in [0.25, 0.3) is 5.65 Å². The number of nitrogen functional groups attached to an aromatic ring is 2. The second-order valence-corrected chi connectivity index (χ2v) is 10.0. The van der Waals surface area contributed by atoms with Gasteiger partial charge in [0.2, 0.25) is 5.78 Å². The Kier molecular flexibility index (Phi) is 5.51. The minimum absolute atomic E-state index is 0.0684. The van der Waals surface area contributed by atoms with Crippen molar-refractivity contribution >= 4 is 33.3 Å². The van der Waals surface area contributed by atoms with E-state index in [2.05, 4.69) is 10.2 Å². The molecular formula is C19H24F5N6O2S+. The average Bonchev–Trinajstić information content (AvgIpc) is 3.00. The van der Waals surface area contributed by atoms with E-state index < -0.39 is 33.0 Å². The molecule has 3 aromatic rings. The highest BCUT2D eigenvalue weighted by atomic mass is 32.5. The number of Topliss-reactive ketones (excluding diaryl/α,β-unsaturated/α-hetero) is 1. The van der Waals surface area contributed by atoms with E-state index in [1.807, 2.05) is 13.8 Å². The molecule has 0 aliphatic carbocycles. The number of benzene rings is 1. The molecule has 0 bridgehead atoms. The molecule has 182 valence electrons. The number of anilines is 2. The fraction of sp³-hybridized carbons (Fsp3) is 0.368. The van der Waals surface area contributed by atoms with Crippen LogP contribution in [0, 0.1) is 6.92 Å². The first-order valence-electron chi connectivity index (χ1n) is 9.93. The molecule has 0 unspecified atom stereocenters. The molecule has 0 atom stereocenters. The summed E-state index contributed by atoms with van der Waals surface area (Å²) in [6.45, 7) is 4.41. The van der Waals surface area contributed by atoms with Crippen LogP contribution in [0.3, 0.4) is 0 Å². The fourth-order valence-corrected chi connectivity index (χ4v) is 3.97. The normalized spacial score (nSPS) is 14.3. The highest BCUT2D eigenvalue weighted by molar-refractivity contribution is 8.45. The van der Waals surface area contributed by atoms with Gasteiger partial charge in [-0.1, -0.05) is 37.8 Å². The van der Waals surface area contributed by atoms with E-state index in [0.29, 0.717) is 0 Å². The molecule has 2 heterocycles. The number of nitrogens with zero attached hydrogens (tertiary/aromatic N) is 4. The second-order valence-electron chi connectivity index (χ2n) is 7.61. The standard InChI is InChI=1S/C19H23F5N6O2S/c1-4-12(5-2)32-16-6-7-17-29(28-19(26)30(17)27-16)10-15(31)14-9-13(8-11(3)18(14)25)33(20,21,22,23)24/h6-9,12H,4-5,10H2,1-3H3,(H3-,25,26,27,28,31)/p+1. The van der Waals surface area contributed by atoms with E-state index in [1.54, 1.807) is 0 Å². The van der Waals surface area contributed by atoms with Crippen LogP contribution in [-0.2, 0) is 6.54 Å². The van der Waals surface area contributed by atoms with Crippen molar-refractivity contribution in [3.05, 3.63) is 35.4 Å². The van der Waals surface area contributed by atoms with Crippen molar-refractivity contribution < 1.29 is 33.6 Å². The van der Waals surface area contributed by atoms with Crippen molar-refractivity contribution in [2.75, 3.05) is 11.5 Å². The van der Waals surface area contributed by atoms with Crippen molar-refractivity contribution in [1.29, 1.82) is 0 Å². The summed E-state index contributed by atoms with van der Waals surface area (Å²) in [7, 11) is -10.0. The van der Waals surface area contributed by atoms with Crippen molar-refractivity contribution in [1.82, 2.24) is 14.7 Å². The van der Waals surface area contributed by atoms with Crippen LogP contribution < -0.4 is 20.9 Å². The number of nitrogens with two attached hydrogens (primary N) is 2. The van der Waals surface area contributed by atoms with E-state index in [-0.39, 0.29) is 47.0 Å². The molecule has 0 fully saturated rings. The maximum absolute atomic E-state index is 13.3. The highest BCUT2D eigenvalue weighted by Crippen LogP contribution is 3.02. The second kappa shape index (κ2) is 7.43. The molecule has 0 spiro atoms. The minimum atomic E-state index is -10.0. The zero-order chi connectivity index (χ0) is 24.8. The topological polar surface area (TPSA) is 112 Å². The van der Waals surface area contributed by atoms with Gasteiger partial charge in [0.15, 0.2) is 6.54 Å². The zero-order valence-corrected chi connectivity index (χ0v) is 18.9. The average molecular weight is 495 g/mol. The lowest BCUT2D eigenvalue weighted by molar-refractivity contribution is -0.714. The van der Waals surface area contributed by atoms with Gasteiger partial charge >= 0.3 is 21.8 Å². The van der Waals surface area contributed by atoms with Crippen LogP contribution in [0.5, 0.6) is 5.88 Å². The number of aryl methyl sites for hydroxylation is 1. The van der Waals surface area contributed by atoms with Crippen LogP contribution in [0.15, 0.2) is 29.2 Å². The van der Waals surface area contributed by atoms with Gasteiger partial charge in [0.1, 0.15) is 11.0 Å². The summed E-state index contributed by atoms with van der Waals surface area (Å²) in [6.07, 6.45) is 1.44. The molecule has 33 heavy (non-hydrogen) atoms. The quantitative estimate of drug-likeness (QED) is 0.205. The molecule has 0 aliphatic rings. The molecule has 0 saturated carbocycles. The van der Waals surface area contributed by atoms with Gasteiger partial charge in [-0.3, -0.25) is 4.79 Å². The number of aromatic nitrogens is 4. The van der Waals surface area contributed by atoms with Crippen LogP contribution in [0.1, 0.15) is 42.6 Å². The number of ether oxygens (including phenoxy) is 1. The Bertz CT molecular complexity index is 1240. The van der Waals surface area contributed by atoms with Gasteiger partial charge in [-0.05, 0) is 47.7 Å². The lowest BCUT2D eigenvalue weighted by Crippen LogP contribution is -2.40. The first-order valence-corrected chi connectivity index (χ1v) is 11.9. The molecule has 0 amide bonds. The van der Waals surface area contributed by atoms with Gasteiger partial charge in [-0.2, -0.15) is 0 Å². The Hall–Kier alpha value is -3.16. The monoisotopic (exact) mass is 495 g/mol. The van der Waals surface area contributed by atoms with Gasteiger partial charge in [-0.25, -0.2) is 0 Å². The number of hydrogen-bond donors (Lipinski definition) is 2. The van der Waals surface area contributed by atoms with E-state index in [4.69, 9.17) is 16.2 Å². The van der Waals surface area contributed by atoms with Gasteiger partial charge in [0.25, 0.3) is 5.88 Å². The molecule has 0 aliphatic heterocycles. The third-order valence-electron chi connectivity index (χ3n) is 5.09. The molecule has 3 rings (SSSR count). The van der Waals surface area contributed by atoms with Gasteiger partial charge in [0.05, 0.1) is 0 Å². The summed E-state index contributed by atoms with van der Waals surface area (Å²) in [5.74, 6) is -0.804. The Morgan fingerprint density at radius 3 is 2.36 bits per heavy atom. The first kappa shape index (κ1) is 24.5. The Labute approximate surface area is 186 Å². The van der Waals surface area contributed by atoms with Crippen LogP contribution in [-0.4, -0.2) is 26.6 Å². The molecular weight excluding hydrogens is 471 g/mol. The zero-order valence-electron chi connectivity index (χ0n) is 18.1. The number of hydrogen-bond acceptors (Lipinski definition) is 6. The number of carbonyl (C=O) groups excluding carboxylic acids is 1. The highest BCUT2D eigenvalue weighted by Gasteiger charge is 2.65. The predicted octanol–water partition coefficient (Wildman–Crippen LogP) is 4.60. The molecule has 2 aromatic heterocycles. The van der Waals surface area contributed by atoms with Crippen molar-refractivity contribution in [2.24, 2.45) is 0 Å². The minimum Gasteiger partial charge on any atom is -0.472 e. The summed E-state index contributed by atoms with van der Waals surface area (Å²) in [6, 6.07) is 3.36. The lowest BCUT2D eigenvalue weighted by Gasteiger charge is -2.41. The lowest BCUT2D eigenvalue weighted by atomic mass is 10.0. The van der Waals surface area contributed by atoms with E-state index >= 15 is 0 Å². The third-order valence-corrected chi connectivity index (χ3v) is 6.22. The Morgan fingerprint density at radius 1 is 1.15 bits per heavy atom. The fourth-order valence-electron chi connectivity index (χ4n) is 3.23. The summed E-state index contributed by atoms with van der Waals surface area (Å²) < 4.78 is 74.6. The Balaban J connectivity index is 1.99. The summed E-state index contributed by atoms with van der Waals surface area (Å²) in [4.78, 5) is 10.6. The number of halogens is 5. The number of carbonyl (C=O) groups is 1. The molecule has 1 aromatic carbocycles. The van der Waals surface area contributed by atoms with E-state index in [0.717, 1.165) is 24.4 Å². The van der Waals surface area contributed by atoms with Crippen LogP contribution in [0.2, 0.25) is 0 Å². The van der Waals surface area contributed by atoms with E-state index in [9.17, 15) is 24.2 Å². The van der Waals surface area contributed by atoms with Crippen molar-refractivity contribution in [3.8, 4) is 5.88 Å². The van der Waals surface area contributed by atoms with Crippen LogP contribution in [0.4, 0.5) is 31.1 Å². The summed E-state index contributed by atoms with van der Waals surface area (Å²) in [5, 5.41) is 8.20. The smallest absolute Gasteiger partial charge is 0.355 e. The largest absolute Gasteiger partial charge is 0.472 e. The molecule has 4 N–H and O–H groups in total. The van der Waals surface area contributed by atoms with Crippen molar-refractivity contribution in [2.45, 2.75) is 51.2 Å². The van der Waals surface area contributed by atoms with Crippen LogP contribution >= 0.6 is 10.2 Å². The van der Waals surface area contributed by atoms with Crippen molar-refractivity contribution in [3.63, 3.8) is 0 Å². The third kappa shape index (κ3) is 5.10. The molecule has 14 heteroatoms. The van der Waals surface area contributed by atoms with Gasteiger partial charge in [-0.15, -0.1) is 4.68 Å². The first-order chi connectivity index (χ1) is 15.0. The number of ketones is 1. The molecule has 8 nitrogen and oxygen atoms in total.